The third kappa shape index (κ3) is 7.47. The summed E-state index contributed by atoms with van der Waals surface area (Å²) in [5, 5.41) is 6.48. The quantitative estimate of drug-likeness (QED) is 0.409. The summed E-state index contributed by atoms with van der Waals surface area (Å²) in [4.78, 5) is 8.69. The summed E-state index contributed by atoms with van der Waals surface area (Å²) >= 11 is 0. The minimum Gasteiger partial charge on any atom is -0.481 e. The van der Waals surface area contributed by atoms with Crippen molar-refractivity contribution in [2.45, 2.75) is 26.4 Å². The molecule has 0 amide bonds. The Morgan fingerprint density at radius 1 is 1.43 bits per heavy atom. The number of hydrogen-bond acceptors (Lipinski definition) is 4. The minimum absolute atomic E-state index is 0. The highest BCUT2D eigenvalue weighted by Crippen LogP contribution is 2.14. The van der Waals surface area contributed by atoms with Gasteiger partial charge >= 0.3 is 0 Å². The van der Waals surface area contributed by atoms with Gasteiger partial charge in [-0.25, -0.2) is 9.98 Å². The molecule has 6 nitrogen and oxygen atoms in total. The molecule has 0 spiro atoms. The zero-order chi connectivity index (χ0) is 14.8. The lowest BCUT2D eigenvalue weighted by atomic mass is 10.3. The fourth-order valence-corrected chi connectivity index (χ4v) is 1.74. The SMILES string of the molecule is CCNC(=NCc1cccnc1OC)NC(C)COC.I. The molecule has 1 aromatic rings. The second-order valence-corrected chi connectivity index (χ2v) is 4.37. The van der Waals surface area contributed by atoms with Gasteiger partial charge in [0.15, 0.2) is 5.96 Å². The van der Waals surface area contributed by atoms with Crippen molar-refractivity contribution in [1.29, 1.82) is 0 Å². The van der Waals surface area contributed by atoms with Gasteiger partial charge in [0, 0.05) is 31.5 Å². The molecular formula is C14H25IN4O2. The van der Waals surface area contributed by atoms with E-state index in [0.717, 1.165) is 18.1 Å². The Bertz CT molecular complexity index is 429. The van der Waals surface area contributed by atoms with Gasteiger partial charge in [-0.05, 0) is 19.9 Å². The van der Waals surface area contributed by atoms with Crippen molar-refractivity contribution in [3.05, 3.63) is 23.9 Å². The summed E-state index contributed by atoms with van der Waals surface area (Å²) in [5.41, 5.74) is 0.951. The van der Waals surface area contributed by atoms with E-state index in [2.05, 4.69) is 20.6 Å². The van der Waals surface area contributed by atoms with Crippen LogP contribution in [0.2, 0.25) is 0 Å². The van der Waals surface area contributed by atoms with Gasteiger partial charge in [0.05, 0.1) is 20.3 Å². The smallest absolute Gasteiger partial charge is 0.218 e. The summed E-state index contributed by atoms with van der Waals surface area (Å²) in [6.45, 7) is 6.01. The molecule has 0 saturated heterocycles. The van der Waals surface area contributed by atoms with Crippen molar-refractivity contribution in [2.75, 3.05) is 27.4 Å². The standard InChI is InChI=1S/C14H24N4O2.HI/c1-5-15-14(18-11(2)10-19-3)17-9-12-7-6-8-16-13(12)20-4;/h6-8,11H,5,9-10H2,1-4H3,(H2,15,17,18);1H. The molecule has 1 heterocycles. The molecule has 2 N–H and O–H groups in total. The average Bonchev–Trinajstić information content (AvgIpc) is 2.45. The molecule has 21 heavy (non-hydrogen) atoms. The number of nitrogens with zero attached hydrogens (tertiary/aromatic N) is 2. The molecule has 1 atom stereocenters. The van der Waals surface area contributed by atoms with Crippen LogP contribution >= 0.6 is 24.0 Å². The molecule has 0 aliphatic carbocycles. The highest BCUT2D eigenvalue weighted by molar-refractivity contribution is 14.0. The van der Waals surface area contributed by atoms with Gasteiger partial charge in [0.25, 0.3) is 0 Å². The van der Waals surface area contributed by atoms with E-state index in [9.17, 15) is 0 Å². The summed E-state index contributed by atoms with van der Waals surface area (Å²) < 4.78 is 10.3. The molecule has 120 valence electrons. The molecule has 1 unspecified atom stereocenters. The lowest BCUT2D eigenvalue weighted by Gasteiger charge is -2.17. The second-order valence-electron chi connectivity index (χ2n) is 4.37. The molecule has 0 aromatic carbocycles. The Kier molecular flexibility index (Phi) is 11.0. The maximum Gasteiger partial charge on any atom is 0.218 e. The third-order valence-corrected chi connectivity index (χ3v) is 2.59. The molecular weight excluding hydrogens is 383 g/mol. The van der Waals surface area contributed by atoms with Crippen LogP contribution in [-0.2, 0) is 11.3 Å². The first-order valence-electron chi connectivity index (χ1n) is 6.72. The number of rotatable bonds is 7. The van der Waals surface area contributed by atoms with Gasteiger partial charge in [-0.15, -0.1) is 24.0 Å². The van der Waals surface area contributed by atoms with Crippen molar-refractivity contribution >= 4 is 29.9 Å². The van der Waals surface area contributed by atoms with Crippen LogP contribution in [0.1, 0.15) is 19.4 Å². The van der Waals surface area contributed by atoms with Crippen LogP contribution in [0.15, 0.2) is 23.3 Å². The number of nitrogens with one attached hydrogen (secondary N) is 2. The topological polar surface area (TPSA) is 67.8 Å². The number of aromatic nitrogens is 1. The molecule has 1 rings (SSSR count). The zero-order valence-corrected chi connectivity index (χ0v) is 15.4. The highest BCUT2D eigenvalue weighted by Gasteiger charge is 2.06. The monoisotopic (exact) mass is 408 g/mol. The third-order valence-electron chi connectivity index (χ3n) is 2.59. The molecule has 7 heteroatoms. The lowest BCUT2D eigenvalue weighted by molar-refractivity contribution is 0.179. The first kappa shape index (κ1) is 19.9. The van der Waals surface area contributed by atoms with Gasteiger partial charge in [0.1, 0.15) is 0 Å². The fraction of sp³-hybridized carbons (Fsp3) is 0.571. The largest absolute Gasteiger partial charge is 0.481 e. The van der Waals surface area contributed by atoms with Gasteiger partial charge in [0.2, 0.25) is 5.88 Å². The second kappa shape index (κ2) is 11.6. The van der Waals surface area contributed by atoms with Crippen LogP contribution < -0.4 is 15.4 Å². The number of halogens is 1. The highest BCUT2D eigenvalue weighted by atomic mass is 127. The van der Waals surface area contributed by atoms with E-state index in [-0.39, 0.29) is 30.0 Å². The zero-order valence-electron chi connectivity index (χ0n) is 13.0. The number of methoxy groups -OCH3 is 2. The predicted molar refractivity (Wildman–Crippen MR) is 95.5 cm³/mol. The summed E-state index contributed by atoms with van der Waals surface area (Å²) in [6.07, 6.45) is 1.70. The Labute approximate surface area is 143 Å². The number of guanidine groups is 1. The first-order chi connectivity index (χ1) is 9.71. The molecule has 0 fully saturated rings. The first-order valence-corrected chi connectivity index (χ1v) is 6.72. The van der Waals surface area contributed by atoms with E-state index in [1.807, 2.05) is 26.0 Å². The van der Waals surface area contributed by atoms with Crippen LogP contribution in [-0.4, -0.2) is 44.4 Å². The molecule has 1 aromatic heterocycles. The average molecular weight is 408 g/mol. The van der Waals surface area contributed by atoms with Crippen molar-refractivity contribution in [3.8, 4) is 5.88 Å². The van der Waals surface area contributed by atoms with Crippen LogP contribution in [0, 0.1) is 0 Å². The van der Waals surface area contributed by atoms with Crippen molar-refractivity contribution < 1.29 is 9.47 Å². The number of hydrogen-bond donors (Lipinski definition) is 2. The lowest BCUT2D eigenvalue weighted by Crippen LogP contribution is -2.43. The number of pyridine rings is 1. The Balaban J connectivity index is 0.00000400. The Morgan fingerprint density at radius 2 is 2.19 bits per heavy atom. The molecule has 0 aliphatic rings. The minimum atomic E-state index is 0. The van der Waals surface area contributed by atoms with E-state index in [1.54, 1.807) is 20.4 Å². The summed E-state index contributed by atoms with van der Waals surface area (Å²) in [6, 6.07) is 4.02. The van der Waals surface area contributed by atoms with Crippen molar-refractivity contribution in [3.63, 3.8) is 0 Å². The number of ether oxygens (including phenoxy) is 2. The molecule has 0 saturated carbocycles. The normalized spacial score (nSPS) is 12.3. The van der Waals surface area contributed by atoms with Gasteiger partial charge < -0.3 is 20.1 Å². The van der Waals surface area contributed by atoms with Gasteiger partial charge in [-0.2, -0.15) is 0 Å². The van der Waals surface area contributed by atoms with E-state index in [4.69, 9.17) is 9.47 Å². The molecule has 0 bridgehead atoms. The summed E-state index contributed by atoms with van der Waals surface area (Å²) in [7, 11) is 3.29. The van der Waals surface area contributed by atoms with Crippen LogP contribution in [0.3, 0.4) is 0 Å². The summed E-state index contributed by atoms with van der Waals surface area (Å²) in [5.74, 6) is 1.36. The van der Waals surface area contributed by atoms with Gasteiger partial charge in [-0.3, -0.25) is 0 Å². The van der Waals surface area contributed by atoms with Crippen molar-refractivity contribution in [2.24, 2.45) is 4.99 Å². The van der Waals surface area contributed by atoms with E-state index in [0.29, 0.717) is 19.0 Å². The van der Waals surface area contributed by atoms with Crippen molar-refractivity contribution in [1.82, 2.24) is 15.6 Å². The van der Waals surface area contributed by atoms with Crippen LogP contribution in [0.4, 0.5) is 0 Å². The molecule has 0 radical (unpaired) electrons. The van der Waals surface area contributed by atoms with Gasteiger partial charge in [-0.1, -0.05) is 6.07 Å². The number of aliphatic imine (C=N–C) groups is 1. The maximum atomic E-state index is 5.22. The van der Waals surface area contributed by atoms with Crippen LogP contribution in [0.25, 0.3) is 0 Å². The Hall–Kier alpha value is -1.09. The maximum absolute atomic E-state index is 5.22. The van der Waals surface area contributed by atoms with Crippen LogP contribution in [0.5, 0.6) is 5.88 Å². The molecule has 0 aliphatic heterocycles. The fourth-order valence-electron chi connectivity index (χ4n) is 1.74. The van der Waals surface area contributed by atoms with E-state index >= 15 is 0 Å². The predicted octanol–water partition coefficient (Wildman–Crippen LogP) is 1.80. The van der Waals surface area contributed by atoms with E-state index < -0.39 is 0 Å². The van der Waals surface area contributed by atoms with E-state index in [1.165, 1.54) is 0 Å². The Morgan fingerprint density at radius 3 is 2.81 bits per heavy atom.